The van der Waals surface area contributed by atoms with Gasteiger partial charge in [-0.3, -0.25) is 0 Å². The van der Waals surface area contributed by atoms with Crippen molar-refractivity contribution < 1.29 is 9.16 Å². The fraction of sp³-hybridized carbons (Fsp3) is 0.350. The van der Waals surface area contributed by atoms with E-state index in [0.29, 0.717) is 0 Å². The molecule has 3 nitrogen and oxygen atoms in total. The van der Waals surface area contributed by atoms with Crippen molar-refractivity contribution in [2.75, 3.05) is 25.1 Å². The molecule has 0 aliphatic heterocycles. The Morgan fingerprint density at radius 1 is 0.727 bits per heavy atom. The summed E-state index contributed by atoms with van der Waals surface area (Å²) in [5.74, 6) is 0.910. The number of ether oxygens (including phenoxy) is 1. The molecule has 0 spiro atoms. The van der Waals surface area contributed by atoms with Crippen LogP contribution in [0.3, 0.4) is 0 Å². The zero-order valence-corrected chi connectivity index (χ0v) is 28.8. The van der Waals surface area contributed by atoms with E-state index in [-0.39, 0.29) is 11.5 Å². The molecule has 0 radical (unpaired) electrons. The molecule has 1 unspecified atom stereocenters. The number of methoxy groups -OCH3 is 1. The van der Waals surface area contributed by atoms with Gasteiger partial charge < -0.3 is 14.1 Å². The van der Waals surface area contributed by atoms with Crippen LogP contribution >= 0.6 is 0 Å². The molecule has 1 atom stereocenters. The Morgan fingerprint density at radius 2 is 1.30 bits per heavy atom. The van der Waals surface area contributed by atoms with E-state index in [1.54, 1.807) is 7.11 Å². The van der Waals surface area contributed by atoms with Gasteiger partial charge in [0.05, 0.1) is 13.2 Å². The van der Waals surface area contributed by atoms with Crippen LogP contribution in [0.1, 0.15) is 83.1 Å². The molecule has 0 N–H and O–H groups in total. The van der Waals surface area contributed by atoms with Gasteiger partial charge in [-0.1, -0.05) is 145 Å². The number of hydrogen-bond donors (Lipinski definition) is 0. The standard InChI is InChI=1S/C40H51NO2Si/c1-7-9-29-41(30-10-8-2)35-28-27-33(38(31-35)42-6)24-21-32-22-25-34(26-23-32)39(40(3,4)5)43-44(36-17-13-11-14-18-36)37-19-15-12-16-20-37/h11-28,31,39,44H,7-10,29-30H2,1-6H3/b24-21+. The molecule has 0 fully saturated rings. The normalized spacial score (nSPS) is 12.5. The highest BCUT2D eigenvalue weighted by Crippen LogP contribution is 2.37. The van der Waals surface area contributed by atoms with E-state index in [1.807, 2.05) is 0 Å². The summed E-state index contributed by atoms with van der Waals surface area (Å²) in [5.41, 5.74) is 4.62. The minimum Gasteiger partial charge on any atom is -0.496 e. The number of hydrogen-bond acceptors (Lipinski definition) is 3. The number of anilines is 1. The monoisotopic (exact) mass is 605 g/mol. The van der Waals surface area contributed by atoms with Gasteiger partial charge in [0.25, 0.3) is 0 Å². The molecule has 0 bridgehead atoms. The fourth-order valence-electron chi connectivity index (χ4n) is 5.59. The zero-order chi connectivity index (χ0) is 31.4. The van der Waals surface area contributed by atoms with Crippen LogP contribution in [0.2, 0.25) is 0 Å². The Morgan fingerprint density at radius 3 is 1.80 bits per heavy atom. The van der Waals surface area contributed by atoms with Crippen LogP contribution in [0.15, 0.2) is 103 Å². The van der Waals surface area contributed by atoms with Crippen LogP contribution in [-0.2, 0) is 4.43 Å². The first-order valence-corrected chi connectivity index (χ1v) is 17.9. The molecule has 0 aliphatic carbocycles. The SMILES string of the molecule is CCCCN(CCCC)c1ccc(/C=C/c2ccc(C(O[SiH](c3ccccc3)c3ccccc3)C(C)(C)C)cc2)c(OC)c1. The van der Waals surface area contributed by atoms with E-state index in [4.69, 9.17) is 9.16 Å². The van der Waals surface area contributed by atoms with Gasteiger partial charge in [0, 0.05) is 30.4 Å². The summed E-state index contributed by atoms with van der Waals surface area (Å²) in [4.78, 5) is 2.50. The Bertz CT molecular complexity index is 1380. The maximum Gasteiger partial charge on any atom is 0.240 e. The third kappa shape index (κ3) is 9.20. The van der Waals surface area contributed by atoms with Crippen LogP contribution in [-0.4, -0.2) is 29.2 Å². The number of unbranched alkanes of at least 4 members (excludes halogenated alkanes) is 2. The third-order valence-electron chi connectivity index (χ3n) is 8.10. The molecule has 0 saturated heterocycles. The molecule has 4 aromatic carbocycles. The van der Waals surface area contributed by atoms with Gasteiger partial charge in [0.1, 0.15) is 5.75 Å². The summed E-state index contributed by atoms with van der Waals surface area (Å²) >= 11 is 0. The average molecular weight is 606 g/mol. The first kappa shape index (κ1) is 33.3. The highest BCUT2D eigenvalue weighted by molar-refractivity contribution is 6.80. The Hall–Kier alpha value is -3.60. The predicted octanol–water partition coefficient (Wildman–Crippen LogP) is 8.91. The number of nitrogens with zero attached hydrogens (tertiary/aromatic N) is 1. The van der Waals surface area contributed by atoms with Gasteiger partial charge in [0.15, 0.2) is 0 Å². The van der Waals surface area contributed by atoms with Gasteiger partial charge in [-0.25, -0.2) is 0 Å². The van der Waals surface area contributed by atoms with Crippen molar-refractivity contribution in [1.29, 1.82) is 0 Å². The van der Waals surface area contributed by atoms with Gasteiger partial charge in [-0.05, 0) is 51.9 Å². The van der Waals surface area contributed by atoms with Crippen molar-refractivity contribution in [3.05, 3.63) is 120 Å². The summed E-state index contributed by atoms with van der Waals surface area (Å²) in [6.45, 7) is 13.5. The second-order valence-electron chi connectivity index (χ2n) is 12.7. The van der Waals surface area contributed by atoms with E-state index in [0.717, 1.165) is 30.0 Å². The van der Waals surface area contributed by atoms with Gasteiger partial charge in [0.2, 0.25) is 9.04 Å². The third-order valence-corrected chi connectivity index (χ3v) is 10.6. The Labute approximate surface area is 268 Å². The molecule has 44 heavy (non-hydrogen) atoms. The highest BCUT2D eigenvalue weighted by Gasteiger charge is 2.31. The molecule has 4 aromatic rings. The lowest BCUT2D eigenvalue weighted by molar-refractivity contribution is 0.0897. The fourth-order valence-corrected chi connectivity index (χ4v) is 8.27. The second-order valence-corrected chi connectivity index (χ2v) is 15.1. The summed E-state index contributed by atoms with van der Waals surface area (Å²) < 4.78 is 13.0. The summed E-state index contributed by atoms with van der Waals surface area (Å²) in [5, 5.41) is 2.60. The summed E-state index contributed by atoms with van der Waals surface area (Å²) in [6.07, 6.45) is 9.10. The van der Waals surface area contributed by atoms with Crippen molar-refractivity contribution in [3.8, 4) is 5.75 Å². The van der Waals surface area contributed by atoms with Crippen molar-refractivity contribution in [2.45, 2.75) is 66.4 Å². The molecular formula is C40H51NO2Si. The lowest BCUT2D eigenvalue weighted by atomic mass is 9.84. The molecule has 0 amide bonds. The average Bonchev–Trinajstić information content (AvgIpc) is 3.05. The first-order valence-electron chi connectivity index (χ1n) is 16.3. The van der Waals surface area contributed by atoms with Gasteiger partial charge in [-0.15, -0.1) is 0 Å². The van der Waals surface area contributed by atoms with Crippen molar-refractivity contribution in [2.24, 2.45) is 5.41 Å². The quantitative estimate of drug-likeness (QED) is 0.0998. The lowest BCUT2D eigenvalue weighted by Gasteiger charge is -2.35. The van der Waals surface area contributed by atoms with Crippen LogP contribution in [0, 0.1) is 5.41 Å². The maximum atomic E-state index is 7.15. The van der Waals surface area contributed by atoms with E-state index in [1.165, 1.54) is 47.3 Å². The van der Waals surface area contributed by atoms with Crippen LogP contribution < -0.4 is 20.0 Å². The molecule has 0 aliphatic rings. The van der Waals surface area contributed by atoms with E-state index in [2.05, 4.69) is 155 Å². The van der Waals surface area contributed by atoms with E-state index in [9.17, 15) is 0 Å². The summed E-state index contributed by atoms with van der Waals surface area (Å²) in [6, 6.07) is 37.0. The van der Waals surface area contributed by atoms with Gasteiger partial charge >= 0.3 is 0 Å². The van der Waals surface area contributed by atoms with E-state index < -0.39 is 9.04 Å². The predicted molar refractivity (Wildman–Crippen MR) is 193 cm³/mol. The Balaban J connectivity index is 1.55. The van der Waals surface area contributed by atoms with Crippen LogP contribution in [0.5, 0.6) is 5.75 Å². The van der Waals surface area contributed by atoms with Crippen LogP contribution in [0.4, 0.5) is 5.69 Å². The zero-order valence-electron chi connectivity index (χ0n) is 27.6. The molecule has 0 aromatic heterocycles. The number of rotatable bonds is 15. The van der Waals surface area contributed by atoms with E-state index >= 15 is 0 Å². The maximum absolute atomic E-state index is 7.15. The Kier molecular flexibility index (Phi) is 12.5. The van der Waals surface area contributed by atoms with Crippen molar-refractivity contribution >= 4 is 37.3 Å². The topological polar surface area (TPSA) is 21.7 Å². The van der Waals surface area contributed by atoms with Gasteiger partial charge in [-0.2, -0.15) is 0 Å². The summed E-state index contributed by atoms with van der Waals surface area (Å²) in [7, 11) is -0.145. The molecule has 4 heteroatoms. The highest BCUT2D eigenvalue weighted by atomic mass is 28.3. The molecule has 4 rings (SSSR count). The second kappa shape index (κ2) is 16.5. The lowest BCUT2D eigenvalue weighted by Crippen LogP contribution is -2.47. The minimum atomic E-state index is -1.91. The first-order chi connectivity index (χ1) is 21.3. The molecule has 0 heterocycles. The van der Waals surface area contributed by atoms with Crippen molar-refractivity contribution in [1.82, 2.24) is 0 Å². The smallest absolute Gasteiger partial charge is 0.240 e. The molecular weight excluding hydrogens is 555 g/mol. The van der Waals surface area contributed by atoms with Crippen molar-refractivity contribution in [3.63, 3.8) is 0 Å². The number of benzene rings is 4. The van der Waals surface area contributed by atoms with Crippen LogP contribution in [0.25, 0.3) is 12.2 Å². The minimum absolute atomic E-state index is 0.0337. The molecule has 232 valence electrons. The molecule has 0 saturated carbocycles. The largest absolute Gasteiger partial charge is 0.496 e.